The number of unbranched alkanes of at least 4 members (excludes halogenated alkanes) is 2. The summed E-state index contributed by atoms with van der Waals surface area (Å²) in [5, 5.41) is 0. The molecule has 0 aromatic heterocycles. The maximum absolute atomic E-state index is 11.7. The number of rotatable bonds is 10. The molecule has 1 heterocycles. The predicted molar refractivity (Wildman–Crippen MR) is 134 cm³/mol. The van der Waals surface area contributed by atoms with Crippen LogP contribution >= 0.6 is 11.8 Å². The zero-order valence-corrected chi connectivity index (χ0v) is 19.8. The van der Waals surface area contributed by atoms with E-state index in [0.29, 0.717) is 5.56 Å². The van der Waals surface area contributed by atoms with E-state index in [2.05, 4.69) is 56.3 Å². The fourth-order valence-corrected chi connectivity index (χ4v) is 5.11. The van der Waals surface area contributed by atoms with Crippen LogP contribution < -0.4 is 5.73 Å². The molecule has 3 heteroatoms. The van der Waals surface area contributed by atoms with E-state index < -0.39 is 0 Å². The largest absolute Gasteiger partial charge is 0.366 e. The number of carbonyl (C=O) groups is 1. The van der Waals surface area contributed by atoms with E-state index >= 15 is 0 Å². The molecule has 2 aromatic carbocycles. The Morgan fingerprint density at radius 3 is 2.61 bits per heavy atom. The lowest BCUT2D eigenvalue weighted by Crippen LogP contribution is -2.11. The van der Waals surface area contributed by atoms with Crippen LogP contribution in [0, 0.1) is 0 Å². The second-order valence-corrected chi connectivity index (χ2v) is 9.50. The Morgan fingerprint density at radius 2 is 1.84 bits per heavy atom. The Bertz CT molecular complexity index is 957. The molecule has 164 valence electrons. The minimum atomic E-state index is -0.359. The van der Waals surface area contributed by atoms with Gasteiger partial charge in [0, 0.05) is 15.4 Å². The minimum Gasteiger partial charge on any atom is -0.366 e. The highest BCUT2D eigenvalue weighted by Gasteiger charge is 2.15. The van der Waals surface area contributed by atoms with Crippen LogP contribution in [0.2, 0.25) is 0 Å². The number of carbonyl (C=O) groups excluding carboxylic acids is 1. The number of primary amides is 1. The third kappa shape index (κ3) is 6.87. The van der Waals surface area contributed by atoms with E-state index in [-0.39, 0.29) is 5.91 Å². The van der Waals surface area contributed by atoms with Crippen molar-refractivity contribution in [2.75, 3.05) is 0 Å². The average Bonchev–Trinajstić information content (AvgIpc) is 2.75. The number of nitrogens with two attached hydrogens (primary N) is 1. The Labute approximate surface area is 192 Å². The summed E-state index contributed by atoms with van der Waals surface area (Å²) in [4.78, 5) is 14.2. The number of amides is 1. The lowest BCUT2D eigenvalue weighted by Gasteiger charge is -2.18. The van der Waals surface area contributed by atoms with E-state index in [9.17, 15) is 4.79 Å². The zero-order chi connectivity index (χ0) is 22.1. The summed E-state index contributed by atoms with van der Waals surface area (Å²) in [5.41, 5.74) is 11.7. The van der Waals surface area contributed by atoms with Crippen molar-refractivity contribution >= 4 is 23.7 Å². The molecular formula is C28H35NOS. The average molecular weight is 434 g/mol. The van der Waals surface area contributed by atoms with E-state index in [1.165, 1.54) is 71.4 Å². The molecule has 0 radical (unpaired) electrons. The number of fused-ring (bicyclic) bond motifs is 2. The van der Waals surface area contributed by atoms with Gasteiger partial charge in [0.15, 0.2) is 0 Å². The van der Waals surface area contributed by atoms with E-state index in [4.69, 9.17) is 5.73 Å². The van der Waals surface area contributed by atoms with Gasteiger partial charge in [-0.2, -0.15) is 0 Å². The number of allylic oxidation sites excluding steroid dienone is 3. The molecule has 0 saturated heterocycles. The first-order valence-electron chi connectivity index (χ1n) is 11.7. The van der Waals surface area contributed by atoms with Crippen LogP contribution in [0.4, 0.5) is 0 Å². The second-order valence-electron chi connectivity index (χ2n) is 8.41. The van der Waals surface area contributed by atoms with Crippen molar-refractivity contribution in [3.8, 4) is 0 Å². The molecule has 1 aliphatic heterocycles. The summed E-state index contributed by atoms with van der Waals surface area (Å²) in [6, 6.07) is 14.5. The van der Waals surface area contributed by atoms with Crippen LogP contribution in [0.3, 0.4) is 0 Å². The number of hydrogen-bond acceptors (Lipinski definition) is 2. The van der Waals surface area contributed by atoms with E-state index in [1.54, 1.807) is 17.3 Å². The van der Waals surface area contributed by atoms with Gasteiger partial charge in [0.05, 0.1) is 0 Å². The van der Waals surface area contributed by atoms with Gasteiger partial charge in [0.1, 0.15) is 0 Å². The normalized spacial score (nSPS) is 13.6. The summed E-state index contributed by atoms with van der Waals surface area (Å²) in [6.45, 7) is 4.52. The fourth-order valence-electron chi connectivity index (χ4n) is 4.08. The monoisotopic (exact) mass is 433 g/mol. The maximum Gasteiger partial charge on any atom is 0.248 e. The van der Waals surface area contributed by atoms with E-state index in [0.717, 1.165) is 12.8 Å². The third-order valence-electron chi connectivity index (χ3n) is 5.83. The summed E-state index contributed by atoms with van der Waals surface area (Å²) >= 11 is 1.78. The maximum atomic E-state index is 11.7. The number of benzene rings is 2. The highest BCUT2D eigenvalue weighted by molar-refractivity contribution is 7.99. The van der Waals surface area contributed by atoms with Crippen LogP contribution in [-0.2, 0) is 6.42 Å². The summed E-state index contributed by atoms with van der Waals surface area (Å²) in [7, 11) is 0. The highest BCUT2D eigenvalue weighted by Crippen LogP contribution is 2.38. The molecule has 1 amide bonds. The quantitative estimate of drug-likeness (QED) is 0.386. The predicted octanol–water partition coefficient (Wildman–Crippen LogP) is 7.96. The third-order valence-corrected chi connectivity index (χ3v) is 7.04. The smallest absolute Gasteiger partial charge is 0.248 e. The Morgan fingerprint density at radius 1 is 1.03 bits per heavy atom. The lowest BCUT2D eigenvalue weighted by molar-refractivity contribution is 0.1000. The SMILES string of the molecule is CCCC=C(CCCC)CCCC1=Cc2ccccc2Sc2ccc(C(N)=O)cc2C1. The van der Waals surface area contributed by atoms with Crippen LogP contribution in [-0.4, -0.2) is 5.91 Å². The topological polar surface area (TPSA) is 43.1 Å². The molecule has 0 bridgehead atoms. The zero-order valence-electron chi connectivity index (χ0n) is 19.0. The standard InChI is InChI=1S/C28H35NOS/c1-3-5-10-21(11-6-4-2)12-9-13-22-18-23-14-7-8-15-26(23)31-27-17-16-24(28(29)30)20-25(27)19-22/h7-8,10,14-18,20H,3-6,9,11-13,19H2,1-2H3,(H2,29,30). The Balaban J connectivity index is 1.81. The first-order chi connectivity index (χ1) is 15.1. The molecule has 0 fully saturated rings. The summed E-state index contributed by atoms with van der Waals surface area (Å²) in [6.07, 6.45) is 15.3. The van der Waals surface area contributed by atoms with Crippen molar-refractivity contribution < 1.29 is 4.79 Å². The van der Waals surface area contributed by atoms with Crippen molar-refractivity contribution in [1.82, 2.24) is 0 Å². The Kier molecular flexibility index (Phi) is 9.02. The van der Waals surface area contributed by atoms with Crippen LogP contribution in [0.15, 0.2) is 69.5 Å². The van der Waals surface area contributed by atoms with Crippen molar-refractivity contribution in [3.63, 3.8) is 0 Å². The van der Waals surface area contributed by atoms with Crippen LogP contribution in [0.1, 0.15) is 86.7 Å². The molecule has 2 nitrogen and oxygen atoms in total. The van der Waals surface area contributed by atoms with Gasteiger partial charge in [-0.05, 0) is 80.3 Å². The first kappa shape index (κ1) is 23.4. The molecule has 2 N–H and O–H groups in total. The molecular weight excluding hydrogens is 398 g/mol. The molecule has 31 heavy (non-hydrogen) atoms. The van der Waals surface area contributed by atoms with Gasteiger partial charge in [-0.25, -0.2) is 0 Å². The molecule has 0 unspecified atom stereocenters. The van der Waals surface area contributed by atoms with Gasteiger partial charge in [-0.1, -0.05) is 79.9 Å². The lowest BCUT2D eigenvalue weighted by atomic mass is 9.94. The van der Waals surface area contributed by atoms with Crippen molar-refractivity contribution in [2.45, 2.75) is 81.4 Å². The molecule has 0 aliphatic carbocycles. The highest BCUT2D eigenvalue weighted by atomic mass is 32.2. The van der Waals surface area contributed by atoms with Crippen LogP contribution in [0.25, 0.3) is 6.08 Å². The fraction of sp³-hybridized carbons (Fsp3) is 0.393. The second kappa shape index (κ2) is 12.0. The van der Waals surface area contributed by atoms with Gasteiger partial charge < -0.3 is 5.73 Å². The van der Waals surface area contributed by atoms with Crippen molar-refractivity contribution in [2.24, 2.45) is 5.73 Å². The van der Waals surface area contributed by atoms with Gasteiger partial charge in [0.2, 0.25) is 5.91 Å². The van der Waals surface area contributed by atoms with Gasteiger partial charge in [-0.15, -0.1) is 0 Å². The molecule has 3 rings (SSSR count). The van der Waals surface area contributed by atoms with Crippen molar-refractivity contribution in [3.05, 3.63) is 76.4 Å². The Hall–Kier alpha value is -2.26. The molecule has 0 spiro atoms. The molecule has 1 aliphatic rings. The summed E-state index contributed by atoms with van der Waals surface area (Å²) < 4.78 is 0. The molecule has 0 saturated carbocycles. The first-order valence-corrected chi connectivity index (χ1v) is 12.5. The number of hydrogen-bond donors (Lipinski definition) is 1. The van der Waals surface area contributed by atoms with Gasteiger partial charge >= 0.3 is 0 Å². The minimum absolute atomic E-state index is 0.359. The van der Waals surface area contributed by atoms with Crippen LogP contribution in [0.5, 0.6) is 0 Å². The molecule has 0 atom stereocenters. The van der Waals surface area contributed by atoms with E-state index in [1.807, 2.05) is 12.1 Å². The summed E-state index contributed by atoms with van der Waals surface area (Å²) in [5.74, 6) is -0.359. The molecule has 2 aromatic rings. The van der Waals surface area contributed by atoms with Crippen molar-refractivity contribution in [1.29, 1.82) is 0 Å². The van der Waals surface area contributed by atoms with Gasteiger partial charge in [0.25, 0.3) is 0 Å². The van der Waals surface area contributed by atoms with Gasteiger partial charge in [-0.3, -0.25) is 4.79 Å².